The molecule has 0 N–H and O–H groups in total. The molecule has 128 valence electrons. The maximum atomic E-state index is 12.8. The molecule has 1 saturated heterocycles. The van der Waals surface area contributed by atoms with Gasteiger partial charge in [0.25, 0.3) is 5.91 Å². The van der Waals surface area contributed by atoms with Crippen LogP contribution in [-0.4, -0.2) is 24.4 Å². The molecule has 3 rings (SSSR count). The van der Waals surface area contributed by atoms with Gasteiger partial charge >= 0.3 is 0 Å². The average Bonchev–Trinajstić information content (AvgIpc) is 2.89. The molecule has 4 nitrogen and oxygen atoms in total. The highest BCUT2D eigenvalue weighted by Crippen LogP contribution is 2.37. The first kappa shape index (κ1) is 17.5. The fourth-order valence-corrected chi connectivity index (χ4v) is 3.78. The highest BCUT2D eigenvalue weighted by atomic mass is 32.2. The summed E-state index contributed by atoms with van der Waals surface area (Å²) in [5.41, 5.74) is 2.76. The number of amides is 1. The summed E-state index contributed by atoms with van der Waals surface area (Å²) in [7, 11) is 3.17. The lowest BCUT2D eigenvalue weighted by molar-refractivity contribution is -0.113. The predicted octanol–water partition coefficient (Wildman–Crippen LogP) is 4.42. The van der Waals surface area contributed by atoms with Crippen LogP contribution in [0.4, 0.5) is 5.69 Å². The molecule has 2 aromatic carbocycles. The zero-order chi connectivity index (χ0) is 18.0. The smallest absolute Gasteiger partial charge is 0.270 e. The first-order valence-electron chi connectivity index (χ1n) is 7.60. The van der Waals surface area contributed by atoms with Gasteiger partial charge in [-0.3, -0.25) is 9.69 Å². The third-order valence-corrected chi connectivity index (χ3v) is 5.09. The molecule has 1 fully saturated rings. The van der Waals surface area contributed by atoms with Crippen LogP contribution in [0.15, 0.2) is 47.4 Å². The summed E-state index contributed by atoms with van der Waals surface area (Å²) in [6, 6.07) is 13.2. The summed E-state index contributed by atoms with van der Waals surface area (Å²) in [6.45, 7) is 2.01. The molecule has 1 aliphatic rings. The quantitative estimate of drug-likeness (QED) is 0.588. The molecule has 0 radical (unpaired) electrons. The first-order valence-corrected chi connectivity index (χ1v) is 8.82. The van der Waals surface area contributed by atoms with Crippen LogP contribution >= 0.6 is 24.0 Å². The second-order valence-corrected chi connectivity index (χ2v) is 7.14. The highest BCUT2D eigenvalue weighted by molar-refractivity contribution is 8.27. The molecular weight excluding hydrogens is 354 g/mol. The van der Waals surface area contributed by atoms with E-state index in [1.807, 2.05) is 55.5 Å². The standard InChI is InChI=1S/C19H17NO3S2/c1-12-4-7-14(8-5-12)20-18(21)17(25-19(20)24)11-13-6-9-15(22-2)16(10-13)23-3/h4-11H,1-3H3. The van der Waals surface area contributed by atoms with E-state index in [-0.39, 0.29) is 5.91 Å². The number of methoxy groups -OCH3 is 2. The van der Waals surface area contributed by atoms with Gasteiger partial charge in [0.1, 0.15) is 0 Å². The Morgan fingerprint density at radius 2 is 1.72 bits per heavy atom. The number of carbonyl (C=O) groups excluding carboxylic acids is 1. The lowest BCUT2D eigenvalue weighted by atomic mass is 10.1. The van der Waals surface area contributed by atoms with Crippen LogP contribution in [0.25, 0.3) is 6.08 Å². The second kappa shape index (κ2) is 7.29. The van der Waals surface area contributed by atoms with Crippen molar-refractivity contribution in [1.29, 1.82) is 0 Å². The van der Waals surface area contributed by atoms with Gasteiger partial charge in [-0.15, -0.1) is 0 Å². The van der Waals surface area contributed by atoms with Crippen molar-refractivity contribution >= 4 is 46.0 Å². The van der Waals surface area contributed by atoms with Crippen LogP contribution in [0, 0.1) is 6.92 Å². The Balaban J connectivity index is 1.91. The lowest BCUT2D eigenvalue weighted by Crippen LogP contribution is -2.27. The molecule has 6 heteroatoms. The molecule has 0 spiro atoms. The molecule has 0 aromatic heterocycles. The molecule has 1 aliphatic heterocycles. The number of aryl methyl sites for hydroxylation is 1. The van der Waals surface area contributed by atoms with Crippen molar-refractivity contribution in [2.45, 2.75) is 6.92 Å². The molecule has 0 bridgehead atoms. The monoisotopic (exact) mass is 371 g/mol. The Labute approximate surface area is 156 Å². The molecule has 25 heavy (non-hydrogen) atoms. The van der Waals surface area contributed by atoms with E-state index in [1.165, 1.54) is 11.8 Å². The van der Waals surface area contributed by atoms with E-state index < -0.39 is 0 Å². The minimum absolute atomic E-state index is 0.117. The average molecular weight is 371 g/mol. The number of anilines is 1. The largest absolute Gasteiger partial charge is 0.493 e. The van der Waals surface area contributed by atoms with Crippen molar-refractivity contribution in [3.05, 3.63) is 58.5 Å². The summed E-state index contributed by atoms with van der Waals surface area (Å²) in [5.74, 6) is 1.14. The van der Waals surface area contributed by atoms with Crippen LogP contribution in [0.1, 0.15) is 11.1 Å². The highest BCUT2D eigenvalue weighted by Gasteiger charge is 2.33. The van der Waals surface area contributed by atoms with Crippen LogP contribution in [0.3, 0.4) is 0 Å². The summed E-state index contributed by atoms with van der Waals surface area (Å²) in [4.78, 5) is 14.9. The third-order valence-electron chi connectivity index (χ3n) is 3.79. The summed E-state index contributed by atoms with van der Waals surface area (Å²) in [5, 5.41) is 0. The number of nitrogens with zero attached hydrogens (tertiary/aromatic N) is 1. The predicted molar refractivity (Wildman–Crippen MR) is 106 cm³/mol. The van der Waals surface area contributed by atoms with Crippen LogP contribution in [-0.2, 0) is 4.79 Å². The molecule has 0 aliphatic carbocycles. The normalized spacial score (nSPS) is 15.8. The summed E-state index contributed by atoms with van der Waals surface area (Å²) < 4.78 is 11.1. The van der Waals surface area contributed by atoms with Gasteiger partial charge in [-0.1, -0.05) is 47.7 Å². The maximum Gasteiger partial charge on any atom is 0.270 e. The number of ether oxygens (including phenoxy) is 2. The van der Waals surface area contributed by atoms with E-state index in [9.17, 15) is 4.79 Å². The molecule has 2 aromatic rings. The maximum absolute atomic E-state index is 12.8. The van der Waals surface area contributed by atoms with Crippen molar-refractivity contribution < 1.29 is 14.3 Å². The number of rotatable bonds is 4. The molecule has 0 atom stereocenters. The summed E-state index contributed by atoms with van der Waals surface area (Å²) >= 11 is 6.69. The minimum Gasteiger partial charge on any atom is -0.493 e. The zero-order valence-corrected chi connectivity index (χ0v) is 15.7. The fourth-order valence-electron chi connectivity index (χ4n) is 2.48. The van der Waals surface area contributed by atoms with Crippen LogP contribution < -0.4 is 14.4 Å². The number of thiocarbonyl (C=S) groups is 1. The van der Waals surface area contributed by atoms with Gasteiger partial charge in [-0.2, -0.15) is 0 Å². The van der Waals surface area contributed by atoms with Gasteiger partial charge < -0.3 is 9.47 Å². The van der Waals surface area contributed by atoms with Crippen LogP contribution in [0.2, 0.25) is 0 Å². The third kappa shape index (κ3) is 3.55. The van der Waals surface area contributed by atoms with Crippen molar-refractivity contribution in [1.82, 2.24) is 0 Å². The van der Waals surface area contributed by atoms with Gasteiger partial charge in [0, 0.05) is 0 Å². The lowest BCUT2D eigenvalue weighted by Gasteiger charge is -2.14. The fraction of sp³-hybridized carbons (Fsp3) is 0.158. The molecule has 0 saturated carbocycles. The Kier molecular flexibility index (Phi) is 5.11. The molecule has 1 amide bonds. The Bertz CT molecular complexity index is 859. The molecular formula is C19H17NO3S2. The topological polar surface area (TPSA) is 38.8 Å². The second-order valence-electron chi connectivity index (χ2n) is 5.47. The van der Waals surface area contributed by atoms with Gasteiger partial charge in [0.2, 0.25) is 0 Å². The van der Waals surface area contributed by atoms with Gasteiger partial charge in [-0.25, -0.2) is 0 Å². The summed E-state index contributed by atoms with van der Waals surface area (Å²) in [6.07, 6.45) is 1.81. The van der Waals surface area contributed by atoms with Crippen molar-refractivity contribution in [3.63, 3.8) is 0 Å². The minimum atomic E-state index is -0.117. The zero-order valence-electron chi connectivity index (χ0n) is 14.1. The number of carbonyl (C=O) groups is 1. The number of thioether (sulfide) groups is 1. The Morgan fingerprint density at radius 3 is 2.36 bits per heavy atom. The molecule has 1 heterocycles. The SMILES string of the molecule is COc1ccc(C=C2SC(=S)N(c3ccc(C)cc3)C2=O)cc1OC. The van der Waals surface area contributed by atoms with E-state index in [2.05, 4.69) is 0 Å². The number of hydrogen-bond acceptors (Lipinski definition) is 5. The van der Waals surface area contributed by atoms with Gasteiger partial charge in [0.05, 0.1) is 24.8 Å². The van der Waals surface area contributed by atoms with E-state index >= 15 is 0 Å². The number of benzene rings is 2. The van der Waals surface area contributed by atoms with E-state index in [1.54, 1.807) is 19.1 Å². The first-order chi connectivity index (χ1) is 12.0. The van der Waals surface area contributed by atoms with E-state index in [4.69, 9.17) is 21.7 Å². The van der Waals surface area contributed by atoms with Gasteiger partial charge in [-0.05, 0) is 42.8 Å². The van der Waals surface area contributed by atoms with E-state index in [0.717, 1.165) is 16.8 Å². The van der Waals surface area contributed by atoms with Crippen molar-refractivity contribution in [2.24, 2.45) is 0 Å². The number of hydrogen-bond donors (Lipinski definition) is 0. The van der Waals surface area contributed by atoms with E-state index in [0.29, 0.717) is 20.7 Å². The van der Waals surface area contributed by atoms with Crippen molar-refractivity contribution in [2.75, 3.05) is 19.1 Å². The van der Waals surface area contributed by atoms with Crippen molar-refractivity contribution in [3.8, 4) is 11.5 Å². The molecule has 0 unspecified atom stereocenters. The van der Waals surface area contributed by atoms with Gasteiger partial charge in [0.15, 0.2) is 15.8 Å². The Hall–Kier alpha value is -2.31. The Morgan fingerprint density at radius 1 is 1.04 bits per heavy atom. The van der Waals surface area contributed by atoms with Crippen LogP contribution in [0.5, 0.6) is 11.5 Å².